The lowest BCUT2D eigenvalue weighted by molar-refractivity contribution is -0.136. The Morgan fingerprint density at radius 3 is 2.71 bits per heavy atom. The number of benzene rings is 1. The number of carbonyl (C=O) groups is 1. The van der Waals surface area contributed by atoms with Crippen LogP contribution in [0.15, 0.2) is 53.3 Å². The predicted octanol–water partition coefficient (Wildman–Crippen LogP) is 1.87. The van der Waals surface area contributed by atoms with Gasteiger partial charge in [0.2, 0.25) is 0 Å². The average Bonchev–Trinajstić information content (AvgIpc) is 2.61. The third-order valence-corrected chi connectivity index (χ3v) is 4.94. The molecule has 0 saturated carbocycles. The van der Waals surface area contributed by atoms with E-state index < -0.39 is 0 Å². The number of ether oxygens (including phenoxy) is 1. The van der Waals surface area contributed by atoms with Gasteiger partial charge in [0.05, 0.1) is 0 Å². The quantitative estimate of drug-likeness (QED) is 0.866. The number of nitrogens with zero attached hydrogens (tertiary/aromatic N) is 2. The number of amides is 1. The number of hydrogen-bond donors (Lipinski definition) is 0. The van der Waals surface area contributed by atoms with Gasteiger partial charge in [0, 0.05) is 37.3 Å². The number of aromatic nitrogens is 1. The molecule has 24 heavy (non-hydrogen) atoms. The van der Waals surface area contributed by atoms with Gasteiger partial charge in [0.1, 0.15) is 5.75 Å². The summed E-state index contributed by atoms with van der Waals surface area (Å²) in [6, 6.07) is 14.8. The van der Waals surface area contributed by atoms with Crippen LogP contribution in [0.2, 0.25) is 0 Å². The topological polar surface area (TPSA) is 51.5 Å². The average molecular weight is 324 g/mol. The van der Waals surface area contributed by atoms with Crippen molar-refractivity contribution in [1.29, 1.82) is 0 Å². The van der Waals surface area contributed by atoms with Crippen molar-refractivity contribution in [3.63, 3.8) is 0 Å². The van der Waals surface area contributed by atoms with Gasteiger partial charge < -0.3 is 14.2 Å². The highest BCUT2D eigenvalue weighted by molar-refractivity contribution is 5.78. The molecule has 0 radical (unpaired) electrons. The fourth-order valence-electron chi connectivity index (χ4n) is 3.85. The summed E-state index contributed by atoms with van der Waals surface area (Å²) in [6.07, 6.45) is 1.05. The zero-order chi connectivity index (χ0) is 16.5. The maximum atomic E-state index is 12.5. The molecule has 2 aliphatic heterocycles. The minimum Gasteiger partial charge on any atom is -0.484 e. The fourth-order valence-corrected chi connectivity index (χ4v) is 3.85. The zero-order valence-electron chi connectivity index (χ0n) is 13.4. The molecule has 0 unspecified atom stereocenters. The number of rotatable bonds is 3. The smallest absolute Gasteiger partial charge is 0.260 e. The molecule has 1 fully saturated rings. The van der Waals surface area contributed by atoms with Crippen molar-refractivity contribution in [2.45, 2.75) is 18.9 Å². The molecular weight excluding hydrogens is 304 g/mol. The van der Waals surface area contributed by atoms with Crippen molar-refractivity contribution in [3.05, 3.63) is 64.6 Å². The molecule has 0 aliphatic carbocycles. The molecule has 2 atom stereocenters. The van der Waals surface area contributed by atoms with E-state index in [1.807, 2.05) is 51.9 Å². The number of pyridine rings is 1. The monoisotopic (exact) mass is 324 g/mol. The molecule has 1 aromatic heterocycles. The van der Waals surface area contributed by atoms with Gasteiger partial charge in [-0.15, -0.1) is 0 Å². The Bertz CT molecular complexity index is 800. The molecule has 5 heteroatoms. The highest BCUT2D eigenvalue weighted by atomic mass is 16.5. The molecule has 4 rings (SSSR count). The van der Waals surface area contributed by atoms with Gasteiger partial charge in [-0.25, -0.2) is 0 Å². The minimum atomic E-state index is 0.0141. The Hall–Kier alpha value is -2.56. The van der Waals surface area contributed by atoms with Crippen molar-refractivity contribution < 1.29 is 9.53 Å². The maximum absolute atomic E-state index is 12.5. The molecule has 124 valence electrons. The van der Waals surface area contributed by atoms with Crippen molar-refractivity contribution >= 4 is 5.91 Å². The van der Waals surface area contributed by atoms with E-state index in [1.54, 1.807) is 6.07 Å². The molecule has 0 spiro atoms. The van der Waals surface area contributed by atoms with Gasteiger partial charge in [-0.3, -0.25) is 9.59 Å². The molecule has 1 amide bonds. The highest BCUT2D eigenvalue weighted by Crippen LogP contribution is 2.34. The number of para-hydroxylation sites is 1. The molecule has 2 aromatic rings. The van der Waals surface area contributed by atoms with Gasteiger partial charge in [-0.05, 0) is 30.5 Å². The van der Waals surface area contributed by atoms with Gasteiger partial charge in [-0.1, -0.05) is 24.3 Å². The largest absolute Gasteiger partial charge is 0.484 e. The molecule has 3 heterocycles. The second-order valence-corrected chi connectivity index (χ2v) is 6.60. The van der Waals surface area contributed by atoms with E-state index in [9.17, 15) is 9.59 Å². The van der Waals surface area contributed by atoms with Gasteiger partial charge in [0.15, 0.2) is 6.61 Å². The van der Waals surface area contributed by atoms with E-state index in [0.29, 0.717) is 31.3 Å². The number of likely N-dealkylation sites (tertiary alicyclic amines) is 1. The molecule has 0 N–H and O–H groups in total. The van der Waals surface area contributed by atoms with Crippen LogP contribution >= 0.6 is 0 Å². The van der Waals surface area contributed by atoms with Crippen LogP contribution in [0.1, 0.15) is 18.0 Å². The van der Waals surface area contributed by atoms with Crippen LogP contribution in [0.3, 0.4) is 0 Å². The van der Waals surface area contributed by atoms with Crippen molar-refractivity contribution in [2.24, 2.45) is 5.92 Å². The second-order valence-electron chi connectivity index (χ2n) is 6.60. The fraction of sp³-hybridized carbons (Fsp3) is 0.368. The number of hydrogen-bond acceptors (Lipinski definition) is 3. The van der Waals surface area contributed by atoms with Gasteiger partial charge in [-0.2, -0.15) is 0 Å². The van der Waals surface area contributed by atoms with Crippen molar-refractivity contribution in [1.82, 2.24) is 9.47 Å². The van der Waals surface area contributed by atoms with E-state index in [4.69, 9.17) is 4.74 Å². The third-order valence-electron chi connectivity index (χ3n) is 4.94. The van der Waals surface area contributed by atoms with E-state index in [1.165, 1.54) is 0 Å². The summed E-state index contributed by atoms with van der Waals surface area (Å²) in [5, 5.41) is 0. The molecule has 5 nitrogen and oxygen atoms in total. The third kappa shape index (κ3) is 2.82. The first-order valence-corrected chi connectivity index (χ1v) is 8.36. The molecule has 2 bridgehead atoms. The molecular formula is C19H20N2O3. The van der Waals surface area contributed by atoms with Gasteiger partial charge >= 0.3 is 0 Å². The first-order valence-electron chi connectivity index (χ1n) is 8.36. The van der Waals surface area contributed by atoms with Crippen LogP contribution in [0.25, 0.3) is 0 Å². The van der Waals surface area contributed by atoms with Crippen molar-refractivity contribution in [3.8, 4) is 5.75 Å². The highest BCUT2D eigenvalue weighted by Gasteiger charge is 2.36. The Morgan fingerprint density at radius 1 is 1.04 bits per heavy atom. The SMILES string of the molecule is O=C(COc1ccccc1)N1C[C@@H]2C[C@H](C1)c1cccc(=O)n1C2. The summed E-state index contributed by atoms with van der Waals surface area (Å²) >= 11 is 0. The summed E-state index contributed by atoms with van der Waals surface area (Å²) in [6.45, 7) is 2.13. The molecule has 1 saturated heterocycles. The summed E-state index contributed by atoms with van der Waals surface area (Å²) in [4.78, 5) is 26.4. The van der Waals surface area contributed by atoms with Gasteiger partial charge in [0.25, 0.3) is 11.5 Å². The van der Waals surface area contributed by atoms with Crippen LogP contribution in [0.5, 0.6) is 5.75 Å². The van der Waals surface area contributed by atoms with Crippen LogP contribution in [-0.2, 0) is 11.3 Å². The van der Waals surface area contributed by atoms with Crippen LogP contribution in [0.4, 0.5) is 0 Å². The normalized spacial score (nSPS) is 21.9. The second kappa shape index (κ2) is 6.15. The lowest BCUT2D eigenvalue weighted by Gasteiger charge is -2.42. The lowest BCUT2D eigenvalue weighted by Crippen LogP contribution is -2.50. The summed E-state index contributed by atoms with van der Waals surface area (Å²) in [5.74, 6) is 1.31. The minimum absolute atomic E-state index is 0.0141. The van der Waals surface area contributed by atoms with Crippen LogP contribution in [-0.4, -0.2) is 35.1 Å². The number of piperidine rings is 1. The van der Waals surface area contributed by atoms with Crippen LogP contribution < -0.4 is 10.3 Å². The van der Waals surface area contributed by atoms with E-state index in [0.717, 1.165) is 12.1 Å². The van der Waals surface area contributed by atoms with E-state index >= 15 is 0 Å². The summed E-state index contributed by atoms with van der Waals surface area (Å²) in [7, 11) is 0. The first-order chi connectivity index (χ1) is 11.7. The number of carbonyl (C=O) groups excluding carboxylic acids is 1. The Morgan fingerprint density at radius 2 is 1.88 bits per heavy atom. The first kappa shape index (κ1) is 15.0. The number of fused-ring (bicyclic) bond motifs is 4. The molecule has 2 aliphatic rings. The van der Waals surface area contributed by atoms with Crippen LogP contribution in [0, 0.1) is 5.92 Å². The summed E-state index contributed by atoms with van der Waals surface area (Å²) in [5.41, 5.74) is 1.12. The Kier molecular flexibility index (Phi) is 3.84. The standard InChI is InChI=1S/C19H20N2O3/c22-18-8-4-7-17-15-9-14(11-21(17)18)10-20(12-15)19(23)13-24-16-5-2-1-3-6-16/h1-8,14-15H,9-13H2/t14-,15+/m0/s1. The lowest BCUT2D eigenvalue weighted by atomic mass is 9.83. The Labute approximate surface area is 140 Å². The van der Waals surface area contributed by atoms with Crippen molar-refractivity contribution in [2.75, 3.05) is 19.7 Å². The summed E-state index contributed by atoms with van der Waals surface area (Å²) < 4.78 is 7.46. The zero-order valence-corrected chi connectivity index (χ0v) is 13.4. The molecule has 1 aromatic carbocycles. The van der Waals surface area contributed by atoms with E-state index in [2.05, 4.69) is 0 Å². The Balaban J connectivity index is 1.46. The van der Waals surface area contributed by atoms with E-state index in [-0.39, 0.29) is 24.0 Å². The maximum Gasteiger partial charge on any atom is 0.260 e. The predicted molar refractivity (Wildman–Crippen MR) is 90.1 cm³/mol.